The van der Waals surface area contributed by atoms with Crippen LogP contribution in [-0.2, 0) is 13.0 Å². The van der Waals surface area contributed by atoms with Crippen LogP contribution in [0.3, 0.4) is 0 Å². The number of aryl methyl sites for hydroxylation is 2. The number of pyridine rings is 1. The van der Waals surface area contributed by atoms with Crippen LogP contribution < -0.4 is 16.5 Å². The Morgan fingerprint density at radius 1 is 1.29 bits per heavy atom. The highest BCUT2D eigenvalue weighted by Crippen LogP contribution is 2.30. The molecule has 0 unspecified atom stereocenters. The molecule has 5 heteroatoms. The number of anilines is 1. The van der Waals surface area contributed by atoms with E-state index in [0.717, 1.165) is 29.3 Å². The molecule has 0 aliphatic carbocycles. The normalized spacial score (nSPS) is 13.8. The Hall–Kier alpha value is -2.56. The predicted octanol–water partition coefficient (Wildman–Crippen LogP) is 2.10. The van der Waals surface area contributed by atoms with Crippen molar-refractivity contribution in [2.75, 3.05) is 12.4 Å². The molecule has 0 fully saturated rings. The van der Waals surface area contributed by atoms with Crippen LogP contribution >= 0.6 is 0 Å². The summed E-state index contributed by atoms with van der Waals surface area (Å²) in [6.45, 7) is 0.699. The first kappa shape index (κ1) is 12.2. The number of nitrogens with one attached hydrogen (secondary N) is 1. The summed E-state index contributed by atoms with van der Waals surface area (Å²) >= 11 is 0. The molecule has 1 aromatic carbocycles. The van der Waals surface area contributed by atoms with Crippen molar-refractivity contribution in [1.82, 2.24) is 4.57 Å². The van der Waals surface area contributed by atoms with Gasteiger partial charge in [-0.1, -0.05) is 12.1 Å². The first-order valence-corrected chi connectivity index (χ1v) is 7.00. The molecule has 1 aliphatic heterocycles. The average molecular weight is 282 g/mol. The minimum Gasteiger partial charge on any atom is -0.422 e. The van der Waals surface area contributed by atoms with Crippen LogP contribution in [0.2, 0.25) is 0 Å². The van der Waals surface area contributed by atoms with Gasteiger partial charge < -0.3 is 14.3 Å². The Labute approximate surface area is 119 Å². The molecule has 106 valence electrons. The van der Waals surface area contributed by atoms with Gasteiger partial charge in [-0.15, -0.1) is 0 Å². The zero-order valence-corrected chi connectivity index (χ0v) is 11.6. The Bertz CT molecular complexity index is 998. The van der Waals surface area contributed by atoms with Gasteiger partial charge in [0.1, 0.15) is 5.39 Å². The molecule has 5 nitrogen and oxygen atoms in total. The van der Waals surface area contributed by atoms with Crippen LogP contribution in [0.5, 0.6) is 0 Å². The minimum absolute atomic E-state index is 0.0993. The SMILES string of the molecule is CNc1cc(=O)oc2c1c(=O)n1c3c(cccc23)CCC1. The molecule has 3 aromatic rings. The summed E-state index contributed by atoms with van der Waals surface area (Å²) in [4.78, 5) is 24.6. The van der Waals surface area contributed by atoms with Crippen molar-refractivity contribution < 1.29 is 4.42 Å². The molecular formula is C16H14N2O3. The first-order valence-electron chi connectivity index (χ1n) is 7.00. The molecule has 0 radical (unpaired) electrons. The molecule has 1 N–H and O–H groups in total. The third-order valence-electron chi connectivity index (χ3n) is 4.15. The molecular weight excluding hydrogens is 268 g/mol. The molecule has 1 aliphatic rings. The van der Waals surface area contributed by atoms with Gasteiger partial charge >= 0.3 is 5.63 Å². The van der Waals surface area contributed by atoms with Crippen molar-refractivity contribution in [3.8, 4) is 0 Å². The number of benzene rings is 1. The second-order valence-electron chi connectivity index (χ2n) is 5.31. The highest BCUT2D eigenvalue weighted by Gasteiger charge is 2.20. The van der Waals surface area contributed by atoms with E-state index in [9.17, 15) is 9.59 Å². The summed E-state index contributed by atoms with van der Waals surface area (Å²) in [5.74, 6) is 0. The van der Waals surface area contributed by atoms with Crippen molar-refractivity contribution in [3.05, 3.63) is 50.6 Å². The van der Waals surface area contributed by atoms with Crippen LogP contribution in [-0.4, -0.2) is 11.6 Å². The number of aromatic nitrogens is 1. The fraction of sp³-hybridized carbons (Fsp3) is 0.250. The van der Waals surface area contributed by atoms with Gasteiger partial charge in [-0.25, -0.2) is 4.79 Å². The lowest BCUT2D eigenvalue weighted by atomic mass is 10.00. The van der Waals surface area contributed by atoms with Gasteiger partial charge in [0, 0.05) is 25.0 Å². The van der Waals surface area contributed by atoms with Gasteiger partial charge in [0.2, 0.25) is 0 Å². The fourth-order valence-corrected chi connectivity index (χ4v) is 3.27. The van der Waals surface area contributed by atoms with Gasteiger partial charge in [0.25, 0.3) is 5.56 Å². The smallest absolute Gasteiger partial charge is 0.338 e. The van der Waals surface area contributed by atoms with Crippen molar-refractivity contribution in [1.29, 1.82) is 0 Å². The van der Waals surface area contributed by atoms with Gasteiger partial charge in [-0.2, -0.15) is 0 Å². The molecule has 3 heterocycles. The van der Waals surface area contributed by atoms with E-state index in [-0.39, 0.29) is 5.56 Å². The lowest BCUT2D eigenvalue weighted by molar-refractivity contribution is 0.560. The highest BCUT2D eigenvalue weighted by atomic mass is 16.4. The summed E-state index contributed by atoms with van der Waals surface area (Å²) in [5.41, 5.74) is 2.39. The summed E-state index contributed by atoms with van der Waals surface area (Å²) in [6, 6.07) is 7.22. The Balaban J connectivity index is 2.38. The van der Waals surface area contributed by atoms with Crippen molar-refractivity contribution in [3.63, 3.8) is 0 Å². The van der Waals surface area contributed by atoms with E-state index < -0.39 is 5.63 Å². The van der Waals surface area contributed by atoms with E-state index in [0.29, 0.717) is 23.2 Å². The van der Waals surface area contributed by atoms with Crippen LogP contribution in [0, 0.1) is 0 Å². The molecule has 0 spiro atoms. The summed E-state index contributed by atoms with van der Waals surface area (Å²) in [7, 11) is 1.70. The topological polar surface area (TPSA) is 64.2 Å². The maximum atomic E-state index is 12.8. The van der Waals surface area contributed by atoms with E-state index in [1.165, 1.54) is 6.07 Å². The Morgan fingerprint density at radius 3 is 2.95 bits per heavy atom. The largest absolute Gasteiger partial charge is 0.422 e. The second kappa shape index (κ2) is 4.22. The highest BCUT2D eigenvalue weighted by molar-refractivity contribution is 6.07. The van der Waals surface area contributed by atoms with E-state index >= 15 is 0 Å². The summed E-state index contributed by atoms with van der Waals surface area (Å²) < 4.78 is 7.17. The third-order valence-corrected chi connectivity index (χ3v) is 4.15. The maximum absolute atomic E-state index is 12.8. The van der Waals surface area contributed by atoms with Gasteiger partial charge in [-0.05, 0) is 24.5 Å². The summed E-state index contributed by atoms with van der Waals surface area (Å²) in [6.07, 6.45) is 1.89. The van der Waals surface area contributed by atoms with E-state index in [2.05, 4.69) is 5.32 Å². The Morgan fingerprint density at radius 2 is 2.14 bits per heavy atom. The molecule has 21 heavy (non-hydrogen) atoms. The predicted molar refractivity (Wildman–Crippen MR) is 82.1 cm³/mol. The van der Waals surface area contributed by atoms with Gasteiger partial charge in [-0.3, -0.25) is 4.79 Å². The standard InChI is InChI=1S/C16H14N2O3/c1-17-11-8-12(19)21-15-10-6-2-4-9-5-3-7-18(14(9)10)16(20)13(11)15/h2,4,6,8,17H,3,5,7H2,1H3. The van der Waals surface area contributed by atoms with Crippen LogP contribution in [0.25, 0.3) is 21.9 Å². The van der Waals surface area contributed by atoms with E-state index in [1.807, 2.05) is 18.2 Å². The number of hydrogen-bond acceptors (Lipinski definition) is 4. The molecule has 4 rings (SSSR count). The summed E-state index contributed by atoms with van der Waals surface area (Å²) in [5, 5.41) is 4.20. The first-order chi connectivity index (χ1) is 10.2. The number of para-hydroxylation sites is 1. The molecule has 0 saturated heterocycles. The maximum Gasteiger partial charge on any atom is 0.338 e. The molecule has 0 bridgehead atoms. The number of hydrogen-bond donors (Lipinski definition) is 1. The monoisotopic (exact) mass is 282 g/mol. The van der Waals surface area contributed by atoms with E-state index in [1.54, 1.807) is 11.6 Å². The average Bonchev–Trinajstić information content (AvgIpc) is 2.51. The Kier molecular flexibility index (Phi) is 2.45. The lowest BCUT2D eigenvalue weighted by Gasteiger charge is -2.20. The molecule has 2 aromatic heterocycles. The number of nitrogens with zero attached hydrogens (tertiary/aromatic N) is 1. The number of fused-ring (bicyclic) bond motifs is 2. The van der Waals surface area contributed by atoms with Crippen LogP contribution in [0.4, 0.5) is 5.69 Å². The lowest BCUT2D eigenvalue weighted by Crippen LogP contribution is -2.26. The minimum atomic E-state index is -0.451. The molecule has 0 atom stereocenters. The van der Waals surface area contributed by atoms with Gasteiger partial charge in [0.15, 0.2) is 5.58 Å². The van der Waals surface area contributed by atoms with Crippen LogP contribution in [0.1, 0.15) is 12.0 Å². The van der Waals surface area contributed by atoms with E-state index in [4.69, 9.17) is 4.42 Å². The van der Waals surface area contributed by atoms with Crippen molar-refractivity contribution in [2.45, 2.75) is 19.4 Å². The fourth-order valence-electron chi connectivity index (χ4n) is 3.27. The molecule has 0 amide bonds. The number of rotatable bonds is 1. The quantitative estimate of drug-likeness (QED) is 0.694. The third kappa shape index (κ3) is 1.57. The van der Waals surface area contributed by atoms with Gasteiger partial charge in [0.05, 0.1) is 11.2 Å². The zero-order valence-electron chi connectivity index (χ0n) is 11.6. The van der Waals surface area contributed by atoms with Crippen LogP contribution in [0.15, 0.2) is 38.3 Å². The van der Waals surface area contributed by atoms with Crippen molar-refractivity contribution in [2.24, 2.45) is 0 Å². The molecule has 0 saturated carbocycles. The zero-order chi connectivity index (χ0) is 14.6. The second-order valence-corrected chi connectivity index (χ2v) is 5.31. The van der Waals surface area contributed by atoms with Crippen molar-refractivity contribution >= 4 is 27.6 Å².